The SMILES string of the molecule is CCNC(=O)c1cccc(NC(C)c2ccccc2Br)c1. The third-order valence-electron chi connectivity index (χ3n) is 3.22. The van der Waals surface area contributed by atoms with Crippen molar-refractivity contribution in [2.75, 3.05) is 11.9 Å². The zero-order valence-electron chi connectivity index (χ0n) is 12.2. The van der Waals surface area contributed by atoms with E-state index in [1.165, 1.54) is 5.56 Å². The molecule has 0 heterocycles. The summed E-state index contributed by atoms with van der Waals surface area (Å²) in [6.07, 6.45) is 0. The lowest BCUT2D eigenvalue weighted by Gasteiger charge is -2.17. The lowest BCUT2D eigenvalue weighted by molar-refractivity contribution is 0.0956. The first-order valence-electron chi connectivity index (χ1n) is 7.01. The summed E-state index contributed by atoms with van der Waals surface area (Å²) in [5.74, 6) is -0.0466. The van der Waals surface area contributed by atoms with E-state index in [0.29, 0.717) is 12.1 Å². The number of benzene rings is 2. The minimum absolute atomic E-state index is 0.0466. The molecule has 0 bridgehead atoms. The van der Waals surface area contributed by atoms with Gasteiger partial charge >= 0.3 is 0 Å². The van der Waals surface area contributed by atoms with Gasteiger partial charge in [0.25, 0.3) is 5.91 Å². The summed E-state index contributed by atoms with van der Waals surface area (Å²) in [4.78, 5) is 11.9. The van der Waals surface area contributed by atoms with E-state index in [-0.39, 0.29) is 11.9 Å². The summed E-state index contributed by atoms with van der Waals surface area (Å²) in [6.45, 7) is 4.64. The fourth-order valence-electron chi connectivity index (χ4n) is 2.17. The highest BCUT2D eigenvalue weighted by Gasteiger charge is 2.10. The first-order valence-corrected chi connectivity index (χ1v) is 7.80. The molecule has 2 aromatic rings. The Morgan fingerprint density at radius 2 is 1.95 bits per heavy atom. The molecule has 1 atom stereocenters. The van der Waals surface area contributed by atoms with Crippen LogP contribution in [0.1, 0.15) is 35.8 Å². The Bertz CT molecular complexity index is 628. The number of hydrogen-bond donors (Lipinski definition) is 2. The lowest BCUT2D eigenvalue weighted by atomic mass is 10.1. The molecule has 0 aliphatic heterocycles. The monoisotopic (exact) mass is 346 g/mol. The fourth-order valence-corrected chi connectivity index (χ4v) is 2.80. The average molecular weight is 347 g/mol. The van der Waals surface area contributed by atoms with Crippen LogP contribution in [0.25, 0.3) is 0 Å². The highest BCUT2D eigenvalue weighted by Crippen LogP contribution is 2.26. The Balaban J connectivity index is 2.15. The summed E-state index contributed by atoms with van der Waals surface area (Å²) in [6, 6.07) is 15.8. The largest absolute Gasteiger partial charge is 0.378 e. The van der Waals surface area contributed by atoms with Gasteiger partial charge in [-0.15, -0.1) is 0 Å². The first-order chi connectivity index (χ1) is 10.1. The number of carbonyl (C=O) groups is 1. The van der Waals surface area contributed by atoms with Crippen molar-refractivity contribution in [2.24, 2.45) is 0 Å². The second kappa shape index (κ2) is 7.27. The van der Waals surface area contributed by atoms with Gasteiger partial charge in [0.05, 0.1) is 0 Å². The molecule has 0 aromatic heterocycles. The van der Waals surface area contributed by atoms with Crippen molar-refractivity contribution in [3.8, 4) is 0 Å². The van der Waals surface area contributed by atoms with Gasteiger partial charge in [-0.1, -0.05) is 40.2 Å². The maximum Gasteiger partial charge on any atom is 0.251 e. The van der Waals surface area contributed by atoms with Crippen LogP contribution in [0.5, 0.6) is 0 Å². The second-order valence-corrected chi connectivity index (χ2v) is 5.68. The number of carbonyl (C=O) groups excluding carboxylic acids is 1. The Labute approximate surface area is 133 Å². The summed E-state index contributed by atoms with van der Waals surface area (Å²) in [7, 11) is 0. The van der Waals surface area contributed by atoms with Crippen molar-refractivity contribution in [1.82, 2.24) is 5.32 Å². The Kier molecular flexibility index (Phi) is 5.39. The van der Waals surface area contributed by atoms with Crippen LogP contribution in [0.4, 0.5) is 5.69 Å². The van der Waals surface area contributed by atoms with Gasteiger partial charge in [0.2, 0.25) is 0 Å². The summed E-state index contributed by atoms with van der Waals surface area (Å²) < 4.78 is 1.07. The van der Waals surface area contributed by atoms with E-state index in [2.05, 4.69) is 39.6 Å². The molecule has 110 valence electrons. The molecule has 1 amide bonds. The van der Waals surface area contributed by atoms with Crippen LogP contribution in [-0.2, 0) is 0 Å². The van der Waals surface area contributed by atoms with Gasteiger partial charge in [-0.2, -0.15) is 0 Å². The summed E-state index contributed by atoms with van der Waals surface area (Å²) in [5, 5.41) is 6.24. The maximum atomic E-state index is 11.9. The molecule has 0 spiro atoms. The van der Waals surface area contributed by atoms with Gasteiger partial charge in [0.15, 0.2) is 0 Å². The molecule has 0 radical (unpaired) electrons. The van der Waals surface area contributed by atoms with Crippen molar-refractivity contribution < 1.29 is 4.79 Å². The quantitative estimate of drug-likeness (QED) is 0.843. The van der Waals surface area contributed by atoms with Crippen LogP contribution in [0.2, 0.25) is 0 Å². The number of hydrogen-bond acceptors (Lipinski definition) is 2. The Morgan fingerprint density at radius 3 is 2.67 bits per heavy atom. The number of nitrogens with one attached hydrogen (secondary N) is 2. The number of amides is 1. The molecule has 21 heavy (non-hydrogen) atoms. The molecule has 2 aromatic carbocycles. The number of halogens is 1. The van der Waals surface area contributed by atoms with Gasteiger partial charge in [-0.3, -0.25) is 4.79 Å². The predicted molar refractivity (Wildman–Crippen MR) is 90.6 cm³/mol. The third-order valence-corrected chi connectivity index (χ3v) is 3.94. The molecule has 0 fully saturated rings. The molecule has 2 rings (SSSR count). The predicted octanol–water partition coefficient (Wildman–Crippen LogP) is 4.37. The smallest absolute Gasteiger partial charge is 0.251 e. The molecule has 4 heteroatoms. The van der Waals surface area contributed by atoms with Crippen LogP contribution in [0, 0.1) is 0 Å². The zero-order chi connectivity index (χ0) is 15.2. The topological polar surface area (TPSA) is 41.1 Å². The van der Waals surface area contributed by atoms with E-state index in [1.807, 2.05) is 49.4 Å². The van der Waals surface area contributed by atoms with Crippen LogP contribution < -0.4 is 10.6 Å². The minimum atomic E-state index is -0.0466. The van der Waals surface area contributed by atoms with Crippen LogP contribution in [0.3, 0.4) is 0 Å². The highest BCUT2D eigenvalue weighted by molar-refractivity contribution is 9.10. The molecule has 2 N–H and O–H groups in total. The number of anilines is 1. The highest BCUT2D eigenvalue weighted by atomic mass is 79.9. The van der Waals surface area contributed by atoms with Crippen molar-refractivity contribution in [3.05, 3.63) is 64.1 Å². The Hall–Kier alpha value is -1.81. The van der Waals surface area contributed by atoms with Crippen molar-refractivity contribution in [1.29, 1.82) is 0 Å². The summed E-state index contributed by atoms with van der Waals surface area (Å²) >= 11 is 3.56. The van der Waals surface area contributed by atoms with Crippen LogP contribution in [0.15, 0.2) is 53.0 Å². The van der Waals surface area contributed by atoms with Gasteiger partial charge in [-0.05, 0) is 43.7 Å². The zero-order valence-corrected chi connectivity index (χ0v) is 13.8. The molecule has 0 aliphatic carbocycles. The van der Waals surface area contributed by atoms with Gasteiger partial charge < -0.3 is 10.6 Å². The first kappa shape index (κ1) is 15.6. The third kappa shape index (κ3) is 4.08. The van der Waals surface area contributed by atoms with Crippen molar-refractivity contribution >= 4 is 27.5 Å². The van der Waals surface area contributed by atoms with E-state index in [9.17, 15) is 4.79 Å². The van der Waals surface area contributed by atoms with Crippen LogP contribution >= 0.6 is 15.9 Å². The van der Waals surface area contributed by atoms with E-state index >= 15 is 0 Å². The van der Waals surface area contributed by atoms with Gasteiger partial charge in [0.1, 0.15) is 0 Å². The summed E-state index contributed by atoms with van der Waals surface area (Å²) in [5.41, 5.74) is 2.78. The average Bonchev–Trinajstić information content (AvgIpc) is 2.48. The van der Waals surface area contributed by atoms with Crippen LogP contribution in [-0.4, -0.2) is 12.5 Å². The Morgan fingerprint density at radius 1 is 1.19 bits per heavy atom. The molecular weight excluding hydrogens is 328 g/mol. The molecular formula is C17H19BrN2O. The minimum Gasteiger partial charge on any atom is -0.378 e. The molecule has 0 saturated carbocycles. The fraction of sp³-hybridized carbons (Fsp3) is 0.235. The second-order valence-electron chi connectivity index (χ2n) is 4.83. The standard InChI is InChI=1S/C17H19BrN2O/c1-3-19-17(21)13-7-6-8-14(11-13)20-12(2)15-9-4-5-10-16(15)18/h4-12,20H,3H2,1-2H3,(H,19,21). The molecule has 3 nitrogen and oxygen atoms in total. The molecule has 1 unspecified atom stereocenters. The van der Waals surface area contributed by atoms with Gasteiger partial charge in [-0.25, -0.2) is 0 Å². The molecule has 0 saturated heterocycles. The lowest BCUT2D eigenvalue weighted by Crippen LogP contribution is -2.22. The maximum absolute atomic E-state index is 11.9. The normalized spacial score (nSPS) is 11.8. The molecule has 0 aliphatic rings. The van der Waals surface area contributed by atoms with Gasteiger partial charge in [0, 0.05) is 28.3 Å². The van der Waals surface area contributed by atoms with E-state index in [4.69, 9.17) is 0 Å². The van der Waals surface area contributed by atoms with Crippen molar-refractivity contribution in [3.63, 3.8) is 0 Å². The van der Waals surface area contributed by atoms with E-state index in [1.54, 1.807) is 0 Å². The van der Waals surface area contributed by atoms with Crippen molar-refractivity contribution in [2.45, 2.75) is 19.9 Å². The van der Waals surface area contributed by atoms with E-state index < -0.39 is 0 Å². The van der Waals surface area contributed by atoms with E-state index in [0.717, 1.165) is 10.2 Å². The number of rotatable bonds is 5.